The highest BCUT2D eigenvalue weighted by atomic mass is 28.4. The second-order valence-electron chi connectivity index (χ2n) is 6.16. The summed E-state index contributed by atoms with van der Waals surface area (Å²) < 4.78 is 12.2. The van der Waals surface area contributed by atoms with E-state index in [9.17, 15) is 0 Å². The Morgan fingerprint density at radius 1 is 0.765 bits per heavy atom. The van der Waals surface area contributed by atoms with Crippen molar-refractivity contribution in [3.05, 3.63) is 0 Å². The predicted molar refractivity (Wildman–Crippen MR) is 73.3 cm³/mol. The van der Waals surface area contributed by atoms with Crippen LogP contribution in [-0.4, -0.2) is 22.8 Å². The summed E-state index contributed by atoms with van der Waals surface area (Å²) in [5.41, 5.74) is 1.45. The Bertz CT molecular complexity index is 231. The maximum Gasteiger partial charge on any atom is 0.344 e. The quantitative estimate of drug-likeness (QED) is 0.705. The number of hydrogen-bond acceptors (Lipinski definition) is 2. The Balaban J connectivity index is 2.24. The van der Waals surface area contributed by atoms with E-state index in [1.54, 1.807) is 0 Å². The SMILES string of the molecule is CO[Si](OC)(C1CCCC1C)C1CCCC1C. The molecule has 2 fully saturated rings. The van der Waals surface area contributed by atoms with E-state index in [1.165, 1.54) is 38.5 Å². The van der Waals surface area contributed by atoms with E-state index in [0.29, 0.717) is 0 Å². The van der Waals surface area contributed by atoms with Crippen molar-refractivity contribution in [1.82, 2.24) is 0 Å². The second-order valence-corrected chi connectivity index (χ2v) is 9.90. The molecule has 4 unspecified atom stereocenters. The van der Waals surface area contributed by atoms with Gasteiger partial charge >= 0.3 is 8.56 Å². The topological polar surface area (TPSA) is 18.5 Å². The smallest absolute Gasteiger partial charge is 0.344 e. The fourth-order valence-electron chi connectivity index (χ4n) is 4.45. The van der Waals surface area contributed by atoms with E-state index in [1.807, 2.05) is 14.2 Å². The minimum Gasteiger partial charge on any atom is -0.397 e. The van der Waals surface area contributed by atoms with Gasteiger partial charge in [0, 0.05) is 25.3 Å². The molecule has 0 saturated heterocycles. The molecule has 0 spiro atoms. The highest BCUT2D eigenvalue weighted by molar-refractivity contribution is 6.70. The molecule has 0 amide bonds. The molecule has 3 heteroatoms. The Morgan fingerprint density at radius 3 is 1.41 bits per heavy atom. The molecule has 0 aromatic carbocycles. The van der Waals surface area contributed by atoms with Gasteiger partial charge in [-0.25, -0.2) is 0 Å². The van der Waals surface area contributed by atoms with Crippen molar-refractivity contribution in [3.63, 3.8) is 0 Å². The van der Waals surface area contributed by atoms with E-state index in [2.05, 4.69) is 13.8 Å². The minimum atomic E-state index is -2.00. The molecule has 2 saturated carbocycles. The average Bonchev–Trinajstić information content (AvgIpc) is 2.93. The third-order valence-corrected chi connectivity index (χ3v) is 10.5. The van der Waals surface area contributed by atoms with Crippen LogP contribution in [0.4, 0.5) is 0 Å². The average molecular weight is 256 g/mol. The van der Waals surface area contributed by atoms with E-state index in [4.69, 9.17) is 8.85 Å². The van der Waals surface area contributed by atoms with Crippen molar-refractivity contribution < 1.29 is 8.85 Å². The lowest BCUT2D eigenvalue weighted by atomic mass is 10.1. The van der Waals surface area contributed by atoms with Crippen molar-refractivity contribution in [2.45, 2.75) is 63.5 Å². The summed E-state index contributed by atoms with van der Waals surface area (Å²) in [5, 5.41) is 0. The van der Waals surface area contributed by atoms with Gasteiger partial charge in [-0.2, -0.15) is 0 Å². The van der Waals surface area contributed by atoms with Crippen molar-refractivity contribution in [2.24, 2.45) is 11.8 Å². The summed E-state index contributed by atoms with van der Waals surface area (Å²) in [4.78, 5) is 0. The van der Waals surface area contributed by atoms with Crippen molar-refractivity contribution in [2.75, 3.05) is 14.2 Å². The molecule has 0 aliphatic heterocycles. The molecule has 2 aliphatic rings. The molecular weight excluding hydrogens is 228 g/mol. The molecule has 2 aliphatic carbocycles. The fraction of sp³-hybridized carbons (Fsp3) is 1.00. The van der Waals surface area contributed by atoms with Crippen LogP contribution in [0.25, 0.3) is 0 Å². The highest BCUT2D eigenvalue weighted by Gasteiger charge is 2.56. The van der Waals surface area contributed by atoms with Crippen LogP contribution in [0.5, 0.6) is 0 Å². The van der Waals surface area contributed by atoms with Gasteiger partial charge in [0.15, 0.2) is 0 Å². The van der Waals surface area contributed by atoms with Gasteiger partial charge in [0.05, 0.1) is 0 Å². The van der Waals surface area contributed by atoms with Gasteiger partial charge in [0.1, 0.15) is 0 Å². The lowest BCUT2D eigenvalue weighted by Crippen LogP contribution is -2.51. The Labute approximate surface area is 107 Å². The van der Waals surface area contributed by atoms with E-state index >= 15 is 0 Å². The Hall–Kier alpha value is 0.137. The molecule has 0 N–H and O–H groups in total. The molecule has 4 atom stereocenters. The summed E-state index contributed by atoms with van der Waals surface area (Å²) in [6, 6.07) is 0. The van der Waals surface area contributed by atoms with E-state index in [-0.39, 0.29) is 0 Å². The zero-order valence-corrected chi connectivity index (χ0v) is 12.9. The maximum atomic E-state index is 6.11. The van der Waals surface area contributed by atoms with Crippen LogP contribution in [0.3, 0.4) is 0 Å². The van der Waals surface area contributed by atoms with Crippen LogP contribution < -0.4 is 0 Å². The monoisotopic (exact) mass is 256 g/mol. The van der Waals surface area contributed by atoms with Gasteiger partial charge in [0.25, 0.3) is 0 Å². The van der Waals surface area contributed by atoms with Crippen LogP contribution in [0.1, 0.15) is 52.4 Å². The first-order valence-corrected chi connectivity index (χ1v) is 9.23. The Morgan fingerprint density at radius 2 is 1.18 bits per heavy atom. The van der Waals surface area contributed by atoms with Gasteiger partial charge < -0.3 is 8.85 Å². The Kier molecular flexibility index (Phi) is 4.32. The van der Waals surface area contributed by atoms with Gasteiger partial charge in [-0.15, -0.1) is 0 Å². The van der Waals surface area contributed by atoms with Crippen LogP contribution >= 0.6 is 0 Å². The van der Waals surface area contributed by atoms with Crippen LogP contribution in [-0.2, 0) is 8.85 Å². The lowest BCUT2D eigenvalue weighted by molar-refractivity contribution is 0.199. The summed E-state index contributed by atoms with van der Waals surface area (Å²) in [6.07, 6.45) is 8.14. The normalized spacial score (nSPS) is 38.8. The van der Waals surface area contributed by atoms with Crippen LogP contribution in [0, 0.1) is 11.8 Å². The van der Waals surface area contributed by atoms with Crippen molar-refractivity contribution in [3.8, 4) is 0 Å². The lowest BCUT2D eigenvalue weighted by Gasteiger charge is -2.41. The summed E-state index contributed by atoms with van der Waals surface area (Å²) in [6.45, 7) is 4.80. The first-order chi connectivity index (χ1) is 8.15. The van der Waals surface area contributed by atoms with Crippen molar-refractivity contribution in [1.29, 1.82) is 0 Å². The fourth-order valence-corrected chi connectivity index (χ4v) is 9.51. The van der Waals surface area contributed by atoms with Crippen LogP contribution in [0.15, 0.2) is 0 Å². The summed E-state index contributed by atoms with van der Waals surface area (Å²) in [5.74, 6) is 1.60. The highest BCUT2D eigenvalue weighted by Crippen LogP contribution is 2.54. The third kappa shape index (κ3) is 2.22. The molecule has 0 aromatic heterocycles. The standard InChI is InChI=1S/C14H28O2Si/c1-11-7-5-9-13(11)17(15-3,16-4)14-10-6-8-12(14)2/h11-14H,5-10H2,1-4H3. The second kappa shape index (κ2) is 5.41. The molecule has 0 bridgehead atoms. The molecule has 0 aromatic rings. The van der Waals surface area contributed by atoms with Gasteiger partial charge in [0.2, 0.25) is 0 Å². The summed E-state index contributed by atoms with van der Waals surface area (Å²) in [7, 11) is 1.81. The summed E-state index contributed by atoms with van der Waals surface area (Å²) >= 11 is 0. The molecule has 2 nitrogen and oxygen atoms in total. The molecule has 0 heterocycles. The first-order valence-electron chi connectivity index (χ1n) is 7.26. The maximum absolute atomic E-state index is 6.11. The molecule has 100 valence electrons. The predicted octanol–water partition coefficient (Wildman–Crippen LogP) is 4.10. The van der Waals surface area contributed by atoms with Gasteiger partial charge in [-0.1, -0.05) is 39.5 Å². The molecular formula is C14H28O2Si. The molecule has 2 rings (SSSR count). The first kappa shape index (κ1) is 13.6. The van der Waals surface area contributed by atoms with E-state index < -0.39 is 8.56 Å². The largest absolute Gasteiger partial charge is 0.397 e. The van der Waals surface area contributed by atoms with Gasteiger partial charge in [-0.05, 0) is 24.7 Å². The van der Waals surface area contributed by atoms with Crippen molar-refractivity contribution >= 4 is 8.56 Å². The zero-order valence-electron chi connectivity index (χ0n) is 11.9. The van der Waals surface area contributed by atoms with Crippen LogP contribution in [0.2, 0.25) is 11.1 Å². The van der Waals surface area contributed by atoms with Gasteiger partial charge in [-0.3, -0.25) is 0 Å². The number of rotatable bonds is 4. The number of hydrogen-bond donors (Lipinski definition) is 0. The molecule has 17 heavy (non-hydrogen) atoms. The zero-order chi connectivity index (χ0) is 12.5. The molecule has 0 radical (unpaired) electrons. The third-order valence-electron chi connectivity index (χ3n) is 5.39. The van der Waals surface area contributed by atoms with E-state index in [0.717, 1.165) is 22.9 Å². The minimum absolute atomic E-state index is 0.725.